The van der Waals surface area contributed by atoms with E-state index >= 15 is 0 Å². The number of aliphatic hydroxyl groups excluding tert-OH is 1. The molecule has 0 heterocycles. The lowest BCUT2D eigenvalue weighted by molar-refractivity contribution is 0.224. The zero-order valence-corrected chi connectivity index (χ0v) is 6.54. The Labute approximate surface area is 66.9 Å². The van der Waals surface area contributed by atoms with Crippen LogP contribution in [0.1, 0.15) is 12.5 Å². The van der Waals surface area contributed by atoms with Crippen LogP contribution in [0.5, 0.6) is 0 Å². The Bertz CT molecular complexity index is 216. The van der Waals surface area contributed by atoms with E-state index in [1.54, 1.807) is 6.92 Å². The van der Waals surface area contributed by atoms with Gasteiger partial charge in [0.1, 0.15) is 6.23 Å². The van der Waals surface area contributed by atoms with Gasteiger partial charge in [0.25, 0.3) is 0 Å². The molecule has 0 spiro atoms. The molecule has 0 amide bonds. The van der Waals surface area contributed by atoms with Crippen molar-refractivity contribution in [2.24, 2.45) is 0 Å². The summed E-state index contributed by atoms with van der Waals surface area (Å²) in [5, 5.41) is 11.8. The Morgan fingerprint density at radius 2 is 1.91 bits per heavy atom. The Hall–Kier alpha value is -1.02. The van der Waals surface area contributed by atoms with Gasteiger partial charge in [-0.15, -0.1) is 0 Å². The van der Waals surface area contributed by atoms with Gasteiger partial charge in [-0.25, -0.2) is 0 Å². The van der Waals surface area contributed by atoms with Crippen LogP contribution in [0.4, 0.5) is 5.69 Å². The molecule has 1 rings (SSSR count). The zero-order chi connectivity index (χ0) is 8.27. The molecule has 1 aromatic rings. The minimum Gasteiger partial charge on any atom is -0.374 e. The topological polar surface area (TPSA) is 32.3 Å². The highest BCUT2D eigenvalue weighted by molar-refractivity contribution is 5.45. The fraction of sp³-hybridized carbons (Fsp3) is 0.222. The molecule has 0 saturated carbocycles. The summed E-state index contributed by atoms with van der Waals surface area (Å²) >= 11 is 0. The molecule has 11 heavy (non-hydrogen) atoms. The summed E-state index contributed by atoms with van der Waals surface area (Å²) in [6.45, 7) is 5.43. The normalized spacial score (nSPS) is 12.6. The van der Waals surface area contributed by atoms with Gasteiger partial charge in [0.05, 0.1) is 0 Å². The SMILES string of the molecule is [CH2]c1ccc(NC(C)O)cc1. The highest BCUT2D eigenvalue weighted by Gasteiger charge is 1.93. The number of benzene rings is 1. The van der Waals surface area contributed by atoms with Gasteiger partial charge in [0, 0.05) is 5.69 Å². The molecule has 2 heteroatoms. The number of nitrogens with one attached hydrogen (secondary N) is 1. The molecule has 2 nitrogen and oxygen atoms in total. The van der Waals surface area contributed by atoms with Crippen molar-refractivity contribution in [2.45, 2.75) is 13.2 Å². The first-order valence-corrected chi connectivity index (χ1v) is 3.55. The standard InChI is InChI=1S/C9H12NO/c1-7-3-5-9(6-4-7)10-8(2)11/h3-6,8,10-11H,1H2,2H3. The monoisotopic (exact) mass is 150 g/mol. The highest BCUT2D eigenvalue weighted by atomic mass is 16.3. The van der Waals surface area contributed by atoms with Crippen molar-refractivity contribution < 1.29 is 5.11 Å². The number of rotatable bonds is 2. The summed E-state index contributed by atoms with van der Waals surface area (Å²) in [6.07, 6.45) is -0.509. The third kappa shape index (κ3) is 2.60. The summed E-state index contributed by atoms with van der Waals surface area (Å²) in [5.41, 5.74) is 1.88. The van der Waals surface area contributed by atoms with E-state index < -0.39 is 6.23 Å². The van der Waals surface area contributed by atoms with Crippen molar-refractivity contribution >= 4 is 5.69 Å². The molecule has 0 aliphatic carbocycles. The average molecular weight is 150 g/mol. The minimum atomic E-state index is -0.509. The second-order valence-corrected chi connectivity index (χ2v) is 2.52. The maximum absolute atomic E-state index is 8.95. The first-order chi connectivity index (χ1) is 5.18. The largest absolute Gasteiger partial charge is 0.374 e. The molecule has 0 aromatic heterocycles. The third-order valence-electron chi connectivity index (χ3n) is 1.33. The Morgan fingerprint density at radius 1 is 1.36 bits per heavy atom. The average Bonchev–Trinajstić information content (AvgIpc) is 1.93. The fourth-order valence-electron chi connectivity index (χ4n) is 0.842. The van der Waals surface area contributed by atoms with Crippen LogP contribution in [-0.4, -0.2) is 11.3 Å². The van der Waals surface area contributed by atoms with Crippen LogP contribution in [0.3, 0.4) is 0 Å². The molecular formula is C9H12NO. The molecule has 59 valence electrons. The van der Waals surface area contributed by atoms with Crippen LogP contribution in [0.2, 0.25) is 0 Å². The van der Waals surface area contributed by atoms with Crippen molar-refractivity contribution in [3.8, 4) is 0 Å². The predicted octanol–water partition coefficient (Wildman–Crippen LogP) is 1.62. The van der Waals surface area contributed by atoms with E-state index in [0.717, 1.165) is 11.3 Å². The van der Waals surface area contributed by atoms with Crippen LogP contribution >= 0.6 is 0 Å². The number of aliphatic hydroxyl groups is 1. The molecule has 1 aromatic carbocycles. The second-order valence-electron chi connectivity index (χ2n) is 2.52. The number of hydrogen-bond donors (Lipinski definition) is 2. The van der Waals surface area contributed by atoms with Crippen LogP contribution in [-0.2, 0) is 0 Å². The molecule has 1 radical (unpaired) electrons. The lowest BCUT2D eigenvalue weighted by Crippen LogP contribution is -2.12. The van der Waals surface area contributed by atoms with Crippen molar-refractivity contribution in [1.29, 1.82) is 0 Å². The van der Waals surface area contributed by atoms with E-state index in [2.05, 4.69) is 12.2 Å². The second kappa shape index (κ2) is 3.39. The molecule has 2 N–H and O–H groups in total. The number of anilines is 1. The smallest absolute Gasteiger partial charge is 0.121 e. The quantitative estimate of drug-likeness (QED) is 0.628. The minimum absolute atomic E-state index is 0.509. The number of hydrogen-bond acceptors (Lipinski definition) is 2. The predicted molar refractivity (Wildman–Crippen MR) is 46.2 cm³/mol. The fourth-order valence-corrected chi connectivity index (χ4v) is 0.842. The van der Waals surface area contributed by atoms with Crippen molar-refractivity contribution in [2.75, 3.05) is 5.32 Å². The summed E-state index contributed by atoms with van der Waals surface area (Å²) in [7, 11) is 0. The van der Waals surface area contributed by atoms with Gasteiger partial charge in [0.2, 0.25) is 0 Å². The molecule has 0 fully saturated rings. The van der Waals surface area contributed by atoms with Gasteiger partial charge in [-0.2, -0.15) is 0 Å². The van der Waals surface area contributed by atoms with Crippen LogP contribution in [0.25, 0.3) is 0 Å². The molecule has 0 saturated heterocycles. The van der Waals surface area contributed by atoms with E-state index in [1.807, 2.05) is 24.3 Å². The summed E-state index contributed by atoms with van der Waals surface area (Å²) in [4.78, 5) is 0. The Balaban J connectivity index is 2.66. The molecule has 0 bridgehead atoms. The van der Waals surface area contributed by atoms with Crippen molar-refractivity contribution in [3.63, 3.8) is 0 Å². The van der Waals surface area contributed by atoms with E-state index in [9.17, 15) is 0 Å². The molecule has 1 atom stereocenters. The van der Waals surface area contributed by atoms with E-state index in [0.29, 0.717) is 0 Å². The Morgan fingerprint density at radius 3 is 2.36 bits per heavy atom. The van der Waals surface area contributed by atoms with Gasteiger partial charge in [-0.1, -0.05) is 12.1 Å². The van der Waals surface area contributed by atoms with Crippen molar-refractivity contribution in [3.05, 3.63) is 36.8 Å². The van der Waals surface area contributed by atoms with E-state index in [4.69, 9.17) is 5.11 Å². The summed E-state index contributed by atoms with van der Waals surface area (Å²) < 4.78 is 0. The van der Waals surface area contributed by atoms with Crippen LogP contribution < -0.4 is 5.32 Å². The molecular weight excluding hydrogens is 138 g/mol. The van der Waals surface area contributed by atoms with Gasteiger partial charge in [0.15, 0.2) is 0 Å². The molecule has 0 aliphatic rings. The first-order valence-electron chi connectivity index (χ1n) is 3.55. The lowest BCUT2D eigenvalue weighted by Gasteiger charge is -2.08. The lowest BCUT2D eigenvalue weighted by atomic mass is 10.2. The Kier molecular flexibility index (Phi) is 2.49. The highest BCUT2D eigenvalue weighted by Crippen LogP contribution is 2.08. The van der Waals surface area contributed by atoms with Gasteiger partial charge in [-0.3, -0.25) is 0 Å². The summed E-state index contributed by atoms with van der Waals surface area (Å²) in [5.74, 6) is 0. The van der Waals surface area contributed by atoms with Crippen LogP contribution in [0.15, 0.2) is 24.3 Å². The maximum atomic E-state index is 8.95. The van der Waals surface area contributed by atoms with E-state index in [1.165, 1.54) is 0 Å². The van der Waals surface area contributed by atoms with Gasteiger partial charge >= 0.3 is 0 Å². The van der Waals surface area contributed by atoms with Crippen LogP contribution in [0, 0.1) is 6.92 Å². The zero-order valence-electron chi connectivity index (χ0n) is 6.54. The third-order valence-corrected chi connectivity index (χ3v) is 1.33. The summed E-state index contributed by atoms with van der Waals surface area (Å²) in [6, 6.07) is 7.56. The van der Waals surface area contributed by atoms with E-state index in [-0.39, 0.29) is 0 Å². The van der Waals surface area contributed by atoms with Gasteiger partial charge in [-0.05, 0) is 31.5 Å². The van der Waals surface area contributed by atoms with Gasteiger partial charge < -0.3 is 10.4 Å². The first kappa shape index (κ1) is 8.08. The maximum Gasteiger partial charge on any atom is 0.121 e. The molecule has 1 unspecified atom stereocenters. The van der Waals surface area contributed by atoms with Crippen molar-refractivity contribution in [1.82, 2.24) is 0 Å². The molecule has 0 aliphatic heterocycles.